The van der Waals surface area contributed by atoms with Gasteiger partial charge in [-0.2, -0.15) is 0 Å². The zero-order valence-electron chi connectivity index (χ0n) is 20.4. The number of pyridine rings is 1. The summed E-state index contributed by atoms with van der Waals surface area (Å²) >= 11 is 0. The second-order valence-corrected chi connectivity index (χ2v) is 9.36. The smallest absolute Gasteiger partial charge is 0.216 e. The maximum atomic E-state index is 8.96. The first-order valence-corrected chi connectivity index (χ1v) is 12.1. The highest BCUT2D eigenvalue weighted by molar-refractivity contribution is 6.13. The molecule has 0 aliphatic heterocycles. The number of para-hydroxylation sites is 1. The normalized spacial score (nSPS) is 16.2. The number of hydrogen-bond donors (Lipinski definition) is 0. The second kappa shape index (κ2) is 8.19. The molecule has 2 heterocycles. The van der Waals surface area contributed by atoms with Crippen LogP contribution in [0.1, 0.15) is 50.5 Å². The lowest BCUT2D eigenvalue weighted by atomic mass is 9.83. The van der Waals surface area contributed by atoms with Crippen LogP contribution in [-0.2, 0) is 7.05 Å². The summed E-state index contributed by atoms with van der Waals surface area (Å²) < 4.78 is 17.8. The van der Waals surface area contributed by atoms with Crippen molar-refractivity contribution in [2.45, 2.75) is 44.9 Å². The number of aromatic nitrogens is 1. The highest BCUT2D eigenvalue weighted by atomic mass is 16.3. The fourth-order valence-electron chi connectivity index (χ4n) is 5.44. The third kappa shape index (κ3) is 3.45. The molecular weight excluding hydrogens is 402 g/mol. The van der Waals surface area contributed by atoms with Crippen LogP contribution in [0.15, 0.2) is 83.4 Å². The lowest BCUT2D eigenvalue weighted by Crippen LogP contribution is -2.30. The number of hydrogen-bond acceptors (Lipinski definition) is 1. The maximum absolute atomic E-state index is 8.96. The lowest BCUT2D eigenvalue weighted by Gasteiger charge is -2.22. The largest absolute Gasteiger partial charge is 0.454 e. The maximum Gasteiger partial charge on any atom is 0.216 e. The summed E-state index contributed by atoms with van der Waals surface area (Å²) in [7, 11) is 2.08. The molecular formula is C31H30NO+. The van der Waals surface area contributed by atoms with Gasteiger partial charge in [0.2, 0.25) is 5.69 Å². The van der Waals surface area contributed by atoms with Crippen molar-refractivity contribution in [2.75, 3.05) is 0 Å². The third-order valence-electron chi connectivity index (χ3n) is 7.25. The van der Waals surface area contributed by atoms with Crippen molar-refractivity contribution in [1.29, 1.82) is 0 Å². The van der Waals surface area contributed by atoms with Gasteiger partial charge in [0.05, 0.1) is 5.56 Å². The lowest BCUT2D eigenvalue weighted by molar-refractivity contribution is -0.660. The van der Waals surface area contributed by atoms with E-state index in [4.69, 9.17) is 5.79 Å². The van der Waals surface area contributed by atoms with E-state index in [1.165, 1.54) is 12.0 Å². The van der Waals surface area contributed by atoms with Gasteiger partial charge in [0.1, 0.15) is 18.2 Å². The monoisotopic (exact) mass is 433 g/mol. The Bertz CT molecular complexity index is 1510. The molecule has 6 rings (SSSR count). The summed E-state index contributed by atoms with van der Waals surface area (Å²) in [6.45, 7) is 2.15. The number of rotatable bonds is 3. The van der Waals surface area contributed by atoms with Crippen molar-refractivity contribution in [2.24, 2.45) is 7.05 Å². The average Bonchev–Trinajstić information content (AvgIpc) is 3.24. The van der Waals surface area contributed by atoms with Crippen LogP contribution in [0.25, 0.3) is 44.3 Å². The molecule has 5 aromatic rings. The second-order valence-electron chi connectivity index (χ2n) is 9.36. The predicted molar refractivity (Wildman–Crippen MR) is 136 cm³/mol. The third-order valence-corrected chi connectivity index (χ3v) is 7.25. The van der Waals surface area contributed by atoms with Gasteiger partial charge in [-0.15, -0.1) is 0 Å². The molecule has 0 unspecified atom stereocenters. The molecule has 0 N–H and O–H groups in total. The highest BCUT2D eigenvalue weighted by Crippen LogP contribution is 2.41. The molecule has 0 amide bonds. The first-order valence-electron chi connectivity index (χ1n) is 12.6. The SMILES string of the molecule is [2H]C1(c2ccc(-c3cccc4c3oc3c(-c5cccc[n+]5C)c(C)ccc34)cc2)CCCCC1. The van der Waals surface area contributed by atoms with Gasteiger partial charge in [-0.25, -0.2) is 4.57 Å². The van der Waals surface area contributed by atoms with E-state index in [1.54, 1.807) is 0 Å². The van der Waals surface area contributed by atoms with E-state index in [1.807, 2.05) is 6.07 Å². The van der Waals surface area contributed by atoms with Crippen molar-refractivity contribution >= 4 is 21.9 Å². The summed E-state index contributed by atoms with van der Waals surface area (Å²) in [5.74, 6) is -0.431. The minimum Gasteiger partial charge on any atom is -0.454 e. The van der Waals surface area contributed by atoms with Crippen molar-refractivity contribution in [3.63, 3.8) is 0 Å². The van der Waals surface area contributed by atoms with E-state index in [-0.39, 0.29) is 0 Å². The summed E-state index contributed by atoms with van der Waals surface area (Å²) in [5, 5.41) is 2.28. The standard InChI is InChI=1S/C31H30NO/c1-21-14-19-27-26-12-8-11-25(24-17-15-23(16-18-24)22-9-4-3-5-10-22)30(26)33-31(27)29(21)28-13-6-7-20-32(28)2/h6-8,11-20,22H,3-5,9-10H2,1-2H3/q+1/i22D. The number of nitrogens with zero attached hydrogens (tertiary/aromatic N) is 1. The van der Waals surface area contributed by atoms with E-state index < -0.39 is 5.89 Å². The number of aryl methyl sites for hydroxylation is 2. The Kier molecular flexibility index (Phi) is 4.74. The molecule has 3 aromatic carbocycles. The Hall–Kier alpha value is -3.39. The molecule has 2 nitrogen and oxygen atoms in total. The van der Waals surface area contributed by atoms with Gasteiger partial charge in [0, 0.05) is 29.8 Å². The van der Waals surface area contributed by atoms with Gasteiger partial charge < -0.3 is 4.42 Å². The molecule has 0 atom stereocenters. The average molecular weight is 434 g/mol. The topological polar surface area (TPSA) is 17.0 Å². The van der Waals surface area contributed by atoms with Crippen LogP contribution in [0.5, 0.6) is 0 Å². The first kappa shape index (κ1) is 19.1. The van der Waals surface area contributed by atoms with Gasteiger partial charge in [0.15, 0.2) is 6.20 Å². The molecule has 2 aromatic heterocycles. The zero-order valence-corrected chi connectivity index (χ0v) is 19.4. The molecule has 1 aliphatic rings. The minimum absolute atomic E-state index is 0.431. The van der Waals surface area contributed by atoms with Crippen molar-refractivity contribution < 1.29 is 10.4 Å². The first-order chi connectivity index (χ1) is 16.5. The Morgan fingerprint density at radius 3 is 2.39 bits per heavy atom. The summed E-state index contributed by atoms with van der Waals surface area (Å²) in [6, 6.07) is 25.7. The quantitative estimate of drug-likeness (QED) is 0.263. The summed E-state index contributed by atoms with van der Waals surface area (Å²) in [5.41, 5.74) is 8.73. The van der Waals surface area contributed by atoms with Gasteiger partial charge >= 0.3 is 0 Å². The molecule has 1 aliphatic carbocycles. The van der Waals surface area contributed by atoms with Gasteiger partial charge in [-0.1, -0.05) is 73.9 Å². The van der Waals surface area contributed by atoms with Crippen molar-refractivity contribution in [3.05, 3.63) is 90.1 Å². The Labute approximate surface area is 196 Å². The zero-order chi connectivity index (χ0) is 23.3. The molecule has 164 valence electrons. The highest BCUT2D eigenvalue weighted by Gasteiger charge is 2.21. The van der Waals surface area contributed by atoms with Crippen LogP contribution in [-0.4, -0.2) is 0 Å². The van der Waals surface area contributed by atoms with Crippen molar-refractivity contribution in [1.82, 2.24) is 0 Å². The molecule has 0 saturated heterocycles. The van der Waals surface area contributed by atoms with Gasteiger partial charge in [-0.05, 0) is 48.4 Å². The van der Waals surface area contributed by atoms with Crippen LogP contribution in [0.2, 0.25) is 0 Å². The van der Waals surface area contributed by atoms with Gasteiger partial charge in [0.25, 0.3) is 0 Å². The Morgan fingerprint density at radius 2 is 1.61 bits per heavy atom. The van der Waals surface area contributed by atoms with E-state index in [0.717, 1.165) is 75.6 Å². The van der Waals surface area contributed by atoms with Crippen LogP contribution >= 0.6 is 0 Å². The summed E-state index contributed by atoms with van der Waals surface area (Å²) in [4.78, 5) is 0. The molecule has 1 saturated carbocycles. The van der Waals surface area contributed by atoms with Crippen LogP contribution in [0, 0.1) is 6.92 Å². The Balaban J connectivity index is 1.51. The fourth-order valence-corrected chi connectivity index (χ4v) is 5.44. The molecule has 1 fully saturated rings. The molecule has 0 radical (unpaired) electrons. The van der Waals surface area contributed by atoms with E-state index in [0.29, 0.717) is 0 Å². The number of fused-ring (bicyclic) bond motifs is 3. The Morgan fingerprint density at radius 1 is 0.818 bits per heavy atom. The fraction of sp³-hybridized carbons (Fsp3) is 0.258. The summed E-state index contributed by atoms with van der Waals surface area (Å²) in [6.07, 6.45) is 7.58. The van der Waals surface area contributed by atoms with Crippen LogP contribution < -0.4 is 4.57 Å². The predicted octanol–water partition coefficient (Wildman–Crippen LogP) is 8.10. The van der Waals surface area contributed by atoms with Gasteiger partial charge in [-0.3, -0.25) is 0 Å². The van der Waals surface area contributed by atoms with Crippen molar-refractivity contribution in [3.8, 4) is 22.4 Å². The van der Waals surface area contributed by atoms with E-state index in [2.05, 4.69) is 91.5 Å². The van der Waals surface area contributed by atoms with E-state index >= 15 is 0 Å². The van der Waals surface area contributed by atoms with E-state index in [9.17, 15) is 0 Å². The molecule has 2 heteroatoms. The molecule has 0 spiro atoms. The van der Waals surface area contributed by atoms with Crippen LogP contribution in [0.4, 0.5) is 0 Å². The molecule has 0 bridgehead atoms. The minimum atomic E-state index is -0.431. The number of furan rings is 1. The number of benzene rings is 3. The molecule has 33 heavy (non-hydrogen) atoms. The van der Waals surface area contributed by atoms with Crippen LogP contribution in [0.3, 0.4) is 0 Å².